The Morgan fingerprint density at radius 2 is 2.25 bits per heavy atom. The molecular formula is C12H21N3S. The first kappa shape index (κ1) is 12.0. The van der Waals surface area contributed by atoms with Crippen LogP contribution in [0.4, 0.5) is 0 Å². The third-order valence-corrected chi connectivity index (χ3v) is 4.43. The zero-order valence-corrected chi connectivity index (χ0v) is 10.8. The highest BCUT2D eigenvalue weighted by atomic mass is 32.2. The van der Waals surface area contributed by atoms with Crippen LogP contribution in [0, 0.1) is 0 Å². The third kappa shape index (κ3) is 2.61. The van der Waals surface area contributed by atoms with Crippen LogP contribution in [0.1, 0.15) is 37.7 Å². The van der Waals surface area contributed by atoms with Crippen LogP contribution in [0.15, 0.2) is 6.20 Å². The zero-order valence-electron chi connectivity index (χ0n) is 9.96. The molecule has 0 atom stereocenters. The number of nitrogens with two attached hydrogens (primary N) is 1. The molecule has 2 rings (SSSR count). The second-order valence-electron chi connectivity index (χ2n) is 4.82. The van der Waals surface area contributed by atoms with Crippen molar-refractivity contribution in [3.8, 4) is 0 Å². The van der Waals surface area contributed by atoms with Gasteiger partial charge in [-0.05, 0) is 43.7 Å². The van der Waals surface area contributed by atoms with Crippen molar-refractivity contribution in [3.63, 3.8) is 0 Å². The Bertz CT molecular complexity index is 329. The molecule has 1 aliphatic heterocycles. The van der Waals surface area contributed by atoms with Gasteiger partial charge < -0.3 is 10.7 Å². The minimum atomic E-state index is 0.270. The first-order valence-electron chi connectivity index (χ1n) is 6.07. The van der Waals surface area contributed by atoms with E-state index in [4.69, 9.17) is 5.73 Å². The average molecular weight is 239 g/mol. The first-order valence-corrected chi connectivity index (χ1v) is 7.22. The van der Waals surface area contributed by atoms with Gasteiger partial charge in [0.05, 0.1) is 0 Å². The highest BCUT2D eigenvalue weighted by molar-refractivity contribution is 7.99. The maximum Gasteiger partial charge on any atom is 0.112 e. The van der Waals surface area contributed by atoms with E-state index in [1.165, 1.54) is 35.9 Å². The highest BCUT2D eigenvalue weighted by Crippen LogP contribution is 2.36. The number of aryl methyl sites for hydroxylation is 1. The lowest BCUT2D eigenvalue weighted by molar-refractivity contribution is 0.413. The maximum atomic E-state index is 5.51. The molecule has 1 aliphatic rings. The van der Waals surface area contributed by atoms with E-state index in [1.807, 2.05) is 6.20 Å². The average Bonchev–Trinajstić information content (AvgIpc) is 2.77. The molecule has 0 amide bonds. The summed E-state index contributed by atoms with van der Waals surface area (Å²) in [6.45, 7) is 3.08. The van der Waals surface area contributed by atoms with E-state index in [1.54, 1.807) is 0 Å². The number of rotatable bonds is 4. The van der Waals surface area contributed by atoms with Crippen molar-refractivity contribution in [1.29, 1.82) is 0 Å². The molecule has 1 aromatic heterocycles. The van der Waals surface area contributed by atoms with Crippen LogP contribution >= 0.6 is 11.8 Å². The number of aromatic nitrogens is 2. The summed E-state index contributed by atoms with van der Waals surface area (Å²) in [6, 6.07) is 0. The molecule has 1 aromatic rings. The summed E-state index contributed by atoms with van der Waals surface area (Å²) < 4.78 is 0. The molecular weight excluding hydrogens is 218 g/mol. The van der Waals surface area contributed by atoms with Crippen LogP contribution in [0.2, 0.25) is 0 Å². The zero-order chi connectivity index (χ0) is 11.4. The number of hydrogen-bond donors (Lipinski definition) is 2. The second kappa shape index (κ2) is 5.23. The Hall–Kier alpha value is -0.480. The van der Waals surface area contributed by atoms with Crippen LogP contribution in [-0.2, 0) is 11.8 Å². The number of H-pyrrole nitrogens is 1. The summed E-state index contributed by atoms with van der Waals surface area (Å²) in [4.78, 5) is 8.04. The fraction of sp³-hybridized carbons (Fsp3) is 0.750. The van der Waals surface area contributed by atoms with Crippen LogP contribution < -0.4 is 5.73 Å². The molecule has 90 valence electrons. The van der Waals surface area contributed by atoms with Gasteiger partial charge in [0.25, 0.3) is 0 Å². The molecule has 3 N–H and O–H groups in total. The lowest BCUT2D eigenvalue weighted by atomic mass is 9.83. The summed E-state index contributed by atoms with van der Waals surface area (Å²) in [7, 11) is 0. The number of nitrogens with zero attached hydrogens (tertiary/aromatic N) is 1. The quantitative estimate of drug-likeness (QED) is 0.846. The van der Waals surface area contributed by atoms with Gasteiger partial charge in [0.1, 0.15) is 5.82 Å². The van der Waals surface area contributed by atoms with E-state index in [9.17, 15) is 0 Å². The van der Waals surface area contributed by atoms with Gasteiger partial charge in [0, 0.05) is 17.3 Å². The Balaban J connectivity index is 2.05. The number of hydrogen-bond acceptors (Lipinski definition) is 3. The van der Waals surface area contributed by atoms with Gasteiger partial charge in [-0.3, -0.25) is 0 Å². The van der Waals surface area contributed by atoms with Gasteiger partial charge >= 0.3 is 0 Å². The Kier molecular flexibility index (Phi) is 3.92. The van der Waals surface area contributed by atoms with E-state index in [0.717, 1.165) is 19.4 Å². The molecule has 0 unspecified atom stereocenters. The molecule has 0 aliphatic carbocycles. The number of nitrogens with one attached hydrogen (secondary N) is 1. The number of aromatic amines is 1. The van der Waals surface area contributed by atoms with E-state index in [0.29, 0.717) is 0 Å². The van der Waals surface area contributed by atoms with Gasteiger partial charge in [0.2, 0.25) is 0 Å². The molecule has 3 nitrogen and oxygen atoms in total. The van der Waals surface area contributed by atoms with Crippen molar-refractivity contribution in [1.82, 2.24) is 9.97 Å². The van der Waals surface area contributed by atoms with E-state index in [2.05, 4.69) is 28.7 Å². The maximum absolute atomic E-state index is 5.51. The molecule has 0 saturated carbocycles. The molecule has 1 fully saturated rings. The molecule has 4 heteroatoms. The normalized spacial score (nSPS) is 19.9. The topological polar surface area (TPSA) is 54.7 Å². The van der Waals surface area contributed by atoms with Crippen LogP contribution in [0.25, 0.3) is 0 Å². The first-order chi connectivity index (χ1) is 7.74. The number of thioether (sulfide) groups is 1. The predicted octanol–water partition coefficient (Wildman–Crippen LogP) is 2.09. The van der Waals surface area contributed by atoms with Crippen molar-refractivity contribution in [3.05, 3.63) is 17.7 Å². The fourth-order valence-electron chi connectivity index (χ4n) is 2.14. The monoisotopic (exact) mass is 239 g/mol. The number of imidazole rings is 1. The molecule has 1 saturated heterocycles. The van der Waals surface area contributed by atoms with E-state index < -0.39 is 0 Å². The van der Waals surface area contributed by atoms with Crippen molar-refractivity contribution < 1.29 is 0 Å². The van der Waals surface area contributed by atoms with Crippen molar-refractivity contribution in [2.75, 3.05) is 18.1 Å². The van der Waals surface area contributed by atoms with Gasteiger partial charge in [-0.2, -0.15) is 11.8 Å². The summed E-state index contributed by atoms with van der Waals surface area (Å²) in [5, 5.41) is 0. The van der Waals surface area contributed by atoms with Crippen LogP contribution in [0.3, 0.4) is 0 Å². The molecule has 0 spiro atoms. The van der Waals surface area contributed by atoms with Gasteiger partial charge in [-0.25, -0.2) is 4.98 Å². The standard InChI is InChI=1S/C12H21N3S/c1-12(4-7-16-8-5-12)11-14-9-10(15-11)3-2-6-13/h9H,2-8,13H2,1H3,(H,14,15). The van der Waals surface area contributed by atoms with Crippen LogP contribution in [0.5, 0.6) is 0 Å². The molecule has 0 radical (unpaired) electrons. The Morgan fingerprint density at radius 3 is 2.94 bits per heavy atom. The van der Waals surface area contributed by atoms with Crippen LogP contribution in [-0.4, -0.2) is 28.0 Å². The Morgan fingerprint density at radius 1 is 1.50 bits per heavy atom. The largest absolute Gasteiger partial charge is 0.345 e. The van der Waals surface area contributed by atoms with Gasteiger partial charge in [-0.15, -0.1) is 0 Å². The molecule has 0 bridgehead atoms. The summed E-state index contributed by atoms with van der Waals surface area (Å²) >= 11 is 2.05. The predicted molar refractivity (Wildman–Crippen MR) is 69.9 cm³/mol. The fourth-order valence-corrected chi connectivity index (χ4v) is 3.54. The smallest absolute Gasteiger partial charge is 0.112 e. The minimum Gasteiger partial charge on any atom is -0.345 e. The van der Waals surface area contributed by atoms with E-state index in [-0.39, 0.29) is 5.41 Å². The molecule has 0 aromatic carbocycles. The lowest BCUT2D eigenvalue weighted by Crippen LogP contribution is -2.28. The van der Waals surface area contributed by atoms with Crippen molar-refractivity contribution in [2.24, 2.45) is 5.73 Å². The van der Waals surface area contributed by atoms with Crippen molar-refractivity contribution >= 4 is 11.8 Å². The summed E-state index contributed by atoms with van der Waals surface area (Å²) in [5.74, 6) is 3.70. The summed E-state index contributed by atoms with van der Waals surface area (Å²) in [5.41, 5.74) is 7.02. The lowest BCUT2D eigenvalue weighted by Gasteiger charge is -2.31. The minimum absolute atomic E-state index is 0.270. The van der Waals surface area contributed by atoms with E-state index >= 15 is 0 Å². The summed E-state index contributed by atoms with van der Waals surface area (Å²) in [6.07, 6.45) is 6.52. The van der Waals surface area contributed by atoms with Gasteiger partial charge in [0.15, 0.2) is 0 Å². The Labute approximate surface area is 102 Å². The second-order valence-corrected chi connectivity index (χ2v) is 6.05. The van der Waals surface area contributed by atoms with Crippen molar-refractivity contribution in [2.45, 2.75) is 38.0 Å². The molecule has 16 heavy (non-hydrogen) atoms. The SMILES string of the molecule is CC1(c2ncc(CCCN)[nH]2)CCSCC1. The third-order valence-electron chi connectivity index (χ3n) is 3.45. The molecule has 2 heterocycles. The van der Waals surface area contributed by atoms with Gasteiger partial charge in [-0.1, -0.05) is 6.92 Å². The highest BCUT2D eigenvalue weighted by Gasteiger charge is 2.31.